The van der Waals surface area contributed by atoms with Gasteiger partial charge < -0.3 is 14.0 Å². The van der Waals surface area contributed by atoms with Crippen molar-refractivity contribution in [2.24, 2.45) is 7.05 Å². The Morgan fingerprint density at radius 1 is 1.02 bits per heavy atom. The lowest BCUT2D eigenvalue weighted by molar-refractivity contribution is -0.140. The number of imidazole rings is 1. The van der Waals surface area contributed by atoms with Crippen molar-refractivity contribution >= 4 is 19.1 Å². The van der Waals surface area contributed by atoms with E-state index in [1.54, 1.807) is 30.1 Å². The molecule has 0 spiro atoms. The Kier molecular flexibility index (Phi) is 8.68. The number of nitrogens with zero attached hydrogens (tertiary/aromatic N) is 8. The molecule has 1 fully saturated rings. The van der Waals surface area contributed by atoms with Crippen LogP contribution in [0.4, 0.5) is 13.2 Å². The number of aromatic nitrogens is 8. The average molecular weight is 651 g/mol. The molecule has 6 rings (SSSR count). The molecule has 1 saturated carbocycles. The van der Waals surface area contributed by atoms with Crippen LogP contribution < -0.4 is 4.74 Å². The maximum atomic E-state index is 13.2. The van der Waals surface area contributed by atoms with Crippen LogP contribution in [0.25, 0.3) is 33.8 Å². The Hall–Kier alpha value is -4.17. The number of aryl methyl sites for hydroxylation is 1. The molecule has 0 bridgehead atoms. The summed E-state index contributed by atoms with van der Waals surface area (Å²) >= 11 is 0. The molecule has 0 N–H and O–H groups in total. The fraction of sp³-hybridized carbons (Fsp3) is 0.438. The van der Waals surface area contributed by atoms with Crippen molar-refractivity contribution in [1.29, 1.82) is 0 Å². The summed E-state index contributed by atoms with van der Waals surface area (Å²) in [5, 5.41) is 4.90. The molecule has 4 heterocycles. The van der Waals surface area contributed by atoms with Gasteiger partial charge >= 0.3 is 6.18 Å². The van der Waals surface area contributed by atoms with Gasteiger partial charge in [-0.05, 0) is 31.4 Å². The average Bonchev–Trinajstić information content (AvgIpc) is 3.69. The van der Waals surface area contributed by atoms with Crippen LogP contribution in [0, 0.1) is 0 Å². The van der Waals surface area contributed by atoms with Gasteiger partial charge in [0.1, 0.15) is 35.5 Å². The second kappa shape index (κ2) is 12.6. The van der Waals surface area contributed by atoms with E-state index in [1.807, 2.05) is 19.1 Å². The van der Waals surface area contributed by atoms with E-state index in [0.717, 1.165) is 47.6 Å². The zero-order valence-corrected chi connectivity index (χ0v) is 27.6. The summed E-state index contributed by atoms with van der Waals surface area (Å²) < 4.78 is 54.8. The third-order valence-corrected chi connectivity index (χ3v) is 9.54. The van der Waals surface area contributed by atoms with Crippen LogP contribution in [0.5, 0.6) is 5.88 Å². The van der Waals surface area contributed by atoms with Crippen LogP contribution >= 0.6 is 0 Å². The highest BCUT2D eigenvalue weighted by molar-refractivity contribution is 6.76. The van der Waals surface area contributed by atoms with Gasteiger partial charge in [0.25, 0.3) is 0 Å². The van der Waals surface area contributed by atoms with Gasteiger partial charge in [-0.15, -0.1) is 0 Å². The summed E-state index contributed by atoms with van der Waals surface area (Å²) in [6.45, 7) is 10.2. The molecule has 5 aromatic rings. The molecule has 0 amide bonds. The van der Waals surface area contributed by atoms with Gasteiger partial charge in [0.15, 0.2) is 11.5 Å². The topological polar surface area (TPSA) is 106 Å². The first-order chi connectivity index (χ1) is 21.9. The summed E-state index contributed by atoms with van der Waals surface area (Å²) in [7, 11) is 0.285. The third kappa shape index (κ3) is 6.97. The molecule has 0 saturated heterocycles. The van der Waals surface area contributed by atoms with Crippen molar-refractivity contribution in [1.82, 2.24) is 39.3 Å². The molecule has 46 heavy (non-hydrogen) atoms. The Morgan fingerprint density at radius 3 is 2.43 bits per heavy atom. The third-order valence-electron chi connectivity index (χ3n) is 7.83. The molecule has 14 heteroatoms. The van der Waals surface area contributed by atoms with E-state index in [1.165, 1.54) is 10.9 Å². The molecule has 242 valence electrons. The molecule has 1 aromatic carbocycles. The molecule has 1 aliphatic carbocycles. The van der Waals surface area contributed by atoms with Crippen molar-refractivity contribution < 1.29 is 22.6 Å². The van der Waals surface area contributed by atoms with E-state index in [0.29, 0.717) is 53.9 Å². The van der Waals surface area contributed by atoms with Crippen molar-refractivity contribution in [3.63, 3.8) is 0 Å². The maximum Gasteiger partial charge on any atom is 0.434 e. The van der Waals surface area contributed by atoms with Gasteiger partial charge in [-0.25, -0.2) is 29.6 Å². The van der Waals surface area contributed by atoms with Gasteiger partial charge in [0.2, 0.25) is 5.88 Å². The largest absolute Gasteiger partial charge is 0.477 e. The lowest BCUT2D eigenvalue weighted by atomic mass is 10.1. The van der Waals surface area contributed by atoms with Crippen LogP contribution in [0.15, 0.2) is 43.0 Å². The molecule has 4 aromatic heterocycles. The van der Waals surface area contributed by atoms with Crippen LogP contribution in [0.3, 0.4) is 0 Å². The number of rotatable bonds is 12. The quantitative estimate of drug-likeness (QED) is 0.106. The van der Waals surface area contributed by atoms with Crippen molar-refractivity contribution in [2.45, 2.75) is 70.7 Å². The van der Waals surface area contributed by atoms with E-state index >= 15 is 0 Å². The van der Waals surface area contributed by atoms with Gasteiger partial charge in [0, 0.05) is 45.8 Å². The fourth-order valence-corrected chi connectivity index (χ4v) is 5.99. The SMILES string of the molecule is CCOc1ncnc(C2CC2)c1-c1ncc2c(n1)c(Cc1ccc(-c3nc(C(F)(F)F)cn3C)cc1)nn2COCC[Si](C)(C)C. The number of halogens is 3. The van der Waals surface area contributed by atoms with Gasteiger partial charge in [-0.1, -0.05) is 43.9 Å². The highest BCUT2D eigenvalue weighted by Gasteiger charge is 2.35. The molecule has 0 unspecified atom stereocenters. The second-order valence-corrected chi connectivity index (χ2v) is 18.4. The molecule has 1 aliphatic rings. The van der Waals surface area contributed by atoms with E-state index < -0.39 is 19.9 Å². The zero-order valence-electron chi connectivity index (χ0n) is 26.6. The van der Waals surface area contributed by atoms with Crippen LogP contribution in [-0.4, -0.2) is 60.6 Å². The van der Waals surface area contributed by atoms with Gasteiger partial charge in [0.05, 0.1) is 24.2 Å². The minimum absolute atomic E-state index is 0.239. The summed E-state index contributed by atoms with van der Waals surface area (Å²) in [6.07, 6.45) is 2.29. The van der Waals surface area contributed by atoms with E-state index in [4.69, 9.17) is 24.5 Å². The number of ether oxygens (including phenoxy) is 2. The van der Waals surface area contributed by atoms with Gasteiger partial charge in [-0.3, -0.25) is 0 Å². The lowest BCUT2D eigenvalue weighted by Gasteiger charge is -2.15. The van der Waals surface area contributed by atoms with E-state index in [-0.39, 0.29) is 12.6 Å². The summed E-state index contributed by atoms with van der Waals surface area (Å²) in [5.74, 6) is 1.50. The van der Waals surface area contributed by atoms with E-state index in [2.05, 4.69) is 34.6 Å². The van der Waals surface area contributed by atoms with Crippen LogP contribution in [0.1, 0.15) is 48.3 Å². The predicted molar refractivity (Wildman–Crippen MR) is 170 cm³/mol. The zero-order chi connectivity index (χ0) is 32.6. The molecule has 0 radical (unpaired) electrons. The van der Waals surface area contributed by atoms with Gasteiger partial charge in [-0.2, -0.15) is 18.3 Å². The number of alkyl halides is 3. The lowest BCUT2D eigenvalue weighted by Crippen LogP contribution is -2.22. The molecular formula is C32H37F3N8O2Si. The summed E-state index contributed by atoms with van der Waals surface area (Å²) in [4.78, 5) is 22.6. The highest BCUT2D eigenvalue weighted by atomic mass is 28.3. The number of fused-ring (bicyclic) bond motifs is 1. The summed E-state index contributed by atoms with van der Waals surface area (Å²) in [5.41, 5.74) is 4.30. The molecule has 0 aliphatic heterocycles. The predicted octanol–water partition coefficient (Wildman–Crippen LogP) is 6.88. The molecular weight excluding hydrogens is 613 g/mol. The molecule has 0 atom stereocenters. The number of benzene rings is 1. The second-order valence-electron chi connectivity index (χ2n) is 12.8. The first kappa shape index (κ1) is 31.8. The Bertz CT molecular complexity index is 1840. The number of hydrogen-bond donors (Lipinski definition) is 0. The van der Waals surface area contributed by atoms with Crippen molar-refractivity contribution in [3.8, 4) is 28.7 Å². The summed E-state index contributed by atoms with van der Waals surface area (Å²) in [6, 6.07) is 8.32. The Morgan fingerprint density at radius 2 is 1.78 bits per heavy atom. The van der Waals surface area contributed by atoms with E-state index in [9.17, 15) is 13.2 Å². The monoisotopic (exact) mass is 650 g/mol. The highest BCUT2D eigenvalue weighted by Crippen LogP contribution is 2.45. The first-order valence-electron chi connectivity index (χ1n) is 15.4. The minimum Gasteiger partial charge on any atom is -0.477 e. The minimum atomic E-state index is -4.51. The maximum absolute atomic E-state index is 13.2. The van der Waals surface area contributed by atoms with Crippen LogP contribution in [-0.2, 0) is 31.1 Å². The first-order valence-corrected chi connectivity index (χ1v) is 19.1. The fourth-order valence-electron chi connectivity index (χ4n) is 5.23. The molecule has 10 nitrogen and oxygen atoms in total. The Labute approximate surface area is 266 Å². The Balaban J connectivity index is 1.35. The van der Waals surface area contributed by atoms with Crippen molar-refractivity contribution in [3.05, 3.63) is 65.6 Å². The normalized spacial score (nSPS) is 13.9. The van der Waals surface area contributed by atoms with Crippen molar-refractivity contribution in [2.75, 3.05) is 13.2 Å². The van der Waals surface area contributed by atoms with Crippen LogP contribution in [0.2, 0.25) is 25.7 Å². The number of hydrogen-bond acceptors (Lipinski definition) is 8. The smallest absolute Gasteiger partial charge is 0.434 e. The standard InChI is InChI=1S/C32H37F3N8O2Si/c1-6-45-31-26(27(21-11-12-21)37-18-38-31)29-36-16-24-28(40-29)23(41-43(24)19-44-13-14-46(3,4)5)15-20-7-9-22(10-8-20)30-39-25(17-42(30)2)32(33,34)35/h7-10,16-18,21H,6,11-15,19H2,1-5H3.